The Morgan fingerprint density at radius 2 is 2.07 bits per heavy atom. The van der Waals surface area contributed by atoms with Gasteiger partial charge in [0.25, 0.3) is 0 Å². The lowest BCUT2D eigenvalue weighted by molar-refractivity contribution is -0.109. The highest BCUT2D eigenvalue weighted by Gasteiger charge is 2.05. The fourth-order valence-electron chi connectivity index (χ4n) is 1.37. The molecule has 0 amide bonds. The molecule has 0 radical (unpaired) electrons. The summed E-state index contributed by atoms with van der Waals surface area (Å²) in [6.45, 7) is 2.99. The van der Waals surface area contributed by atoms with Gasteiger partial charge in [-0.15, -0.1) is 0 Å². The summed E-state index contributed by atoms with van der Waals surface area (Å²) in [6.07, 6.45) is 2.83. The number of carbonyl (C=O) groups excluding carboxylic acids is 1. The van der Waals surface area contributed by atoms with Gasteiger partial charge < -0.3 is 10.1 Å². The van der Waals surface area contributed by atoms with E-state index in [1.165, 1.54) is 5.56 Å². The van der Waals surface area contributed by atoms with Crippen LogP contribution in [-0.2, 0) is 11.2 Å². The van der Waals surface area contributed by atoms with Crippen molar-refractivity contribution in [1.82, 2.24) is 5.32 Å². The SMILES string of the molecule is CCCNC(C=O)Cc1ccccc1. The first-order chi connectivity index (χ1) is 6.86. The zero-order valence-electron chi connectivity index (χ0n) is 8.57. The molecule has 0 fully saturated rings. The van der Waals surface area contributed by atoms with E-state index >= 15 is 0 Å². The molecular formula is C12H17NO. The summed E-state index contributed by atoms with van der Waals surface area (Å²) in [7, 11) is 0. The van der Waals surface area contributed by atoms with Crippen LogP contribution in [-0.4, -0.2) is 18.9 Å². The highest BCUT2D eigenvalue weighted by molar-refractivity contribution is 5.58. The van der Waals surface area contributed by atoms with E-state index in [0.717, 1.165) is 25.7 Å². The molecule has 1 atom stereocenters. The molecule has 0 aliphatic carbocycles. The van der Waals surface area contributed by atoms with Crippen molar-refractivity contribution in [1.29, 1.82) is 0 Å². The van der Waals surface area contributed by atoms with Crippen LogP contribution in [0.3, 0.4) is 0 Å². The summed E-state index contributed by atoms with van der Waals surface area (Å²) < 4.78 is 0. The van der Waals surface area contributed by atoms with Crippen molar-refractivity contribution < 1.29 is 4.79 Å². The summed E-state index contributed by atoms with van der Waals surface area (Å²) in [4.78, 5) is 10.8. The number of carbonyl (C=O) groups is 1. The van der Waals surface area contributed by atoms with E-state index in [9.17, 15) is 4.79 Å². The van der Waals surface area contributed by atoms with Crippen LogP contribution in [0.25, 0.3) is 0 Å². The Hall–Kier alpha value is -1.15. The minimum atomic E-state index is -0.0441. The van der Waals surface area contributed by atoms with Crippen molar-refractivity contribution in [2.75, 3.05) is 6.54 Å². The predicted octanol–water partition coefficient (Wildman–Crippen LogP) is 1.80. The molecule has 1 aromatic rings. The van der Waals surface area contributed by atoms with Crippen LogP contribution in [0, 0.1) is 0 Å². The van der Waals surface area contributed by atoms with E-state index in [-0.39, 0.29) is 6.04 Å². The van der Waals surface area contributed by atoms with Gasteiger partial charge in [-0.3, -0.25) is 0 Å². The normalized spacial score (nSPS) is 12.4. The highest BCUT2D eigenvalue weighted by Crippen LogP contribution is 2.01. The van der Waals surface area contributed by atoms with Crippen molar-refractivity contribution in [3.8, 4) is 0 Å². The summed E-state index contributed by atoms with van der Waals surface area (Å²) in [5.74, 6) is 0. The Balaban J connectivity index is 2.44. The maximum absolute atomic E-state index is 10.8. The Labute approximate surface area is 85.3 Å². The average Bonchev–Trinajstić information content (AvgIpc) is 2.25. The van der Waals surface area contributed by atoms with Gasteiger partial charge in [-0.1, -0.05) is 37.3 Å². The number of aldehydes is 1. The number of nitrogens with one attached hydrogen (secondary N) is 1. The van der Waals surface area contributed by atoms with Crippen LogP contribution < -0.4 is 5.32 Å². The first-order valence-electron chi connectivity index (χ1n) is 5.09. The first-order valence-corrected chi connectivity index (χ1v) is 5.09. The van der Waals surface area contributed by atoms with Gasteiger partial charge in [-0.2, -0.15) is 0 Å². The van der Waals surface area contributed by atoms with Gasteiger partial charge in [-0.05, 0) is 24.9 Å². The van der Waals surface area contributed by atoms with Crippen molar-refractivity contribution >= 4 is 6.29 Å². The van der Waals surface area contributed by atoms with Gasteiger partial charge in [0.15, 0.2) is 0 Å². The summed E-state index contributed by atoms with van der Waals surface area (Å²) in [6, 6.07) is 10.0. The van der Waals surface area contributed by atoms with Gasteiger partial charge in [0, 0.05) is 0 Å². The molecule has 0 aliphatic heterocycles. The van der Waals surface area contributed by atoms with Crippen molar-refractivity contribution in [2.24, 2.45) is 0 Å². The van der Waals surface area contributed by atoms with Gasteiger partial charge in [0.05, 0.1) is 6.04 Å². The molecule has 1 rings (SSSR count). The molecule has 76 valence electrons. The molecule has 1 N–H and O–H groups in total. The monoisotopic (exact) mass is 191 g/mol. The zero-order chi connectivity index (χ0) is 10.2. The van der Waals surface area contributed by atoms with Gasteiger partial charge in [0.1, 0.15) is 6.29 Å². The van der Waals surface area contributed by atoms with Crippen LogP contribution in [0.15, 0.2) is 30.3 Å². The molecule has 0 saturated carbocycles. The average molecular weight is 191 g/mol. The van der Waals surface area contributed by atoms with E-state index in [1.807, 2.05) is 30.3 Å². The Morgan fingerprint density at radius 1 is 1.36 bits per heavy atom. The zero-order valence-corrected chi connectivity index (χ0v) is 8.57. The molecule has 2 nitrogen and oxygen atoms in total. The van der Waals surface area contributed by atoms with Crippen LogP contribution in [0.1, 0.15) is 18.9 Å². The maximum Gasteiger partial charge on any atom is 0.137 e. The number of benzene rings is 1. The lowest BCUT2D eigenvalue weighted by atomic mass is 10.1. The number of rotatable bonds is 6. The van der Waals surface area contributed by atoms with Crippen LogP contribution in [0.5, 0.6) is 0 Å². The fourth-order valence-corrected chi connectivity index (χ4v) is 1.37. The molecule has 2 heteroatoms. The van der Waals surface area contributed by atoms with Gasteiger partial charge in [0.2, 0.25) is 0 Å². The summed E-state index contributed by atoms with van der Waals surface area (Å²) in [5.41, 5.74) is 1.20. The second kappa shape index (κ2) is 6.33. The minimum Gasteiger partial charge on any atom is -0.307 e. The van der Waals surface area contributed by atoms with Crippen molar-refractivity contribution in [3.63, 3.8) is 0 Å². The van der Waals surface area contributed by atoms with E-state index in [0.29, 0.717) is 0 Å². The third kappa shape index (κ3) is 3.71. The molecule has 0 spiro atoms. The van der Waals surface area contributed by atoms with Crippen molar-refractivity contribution in [3.05, 3.63) is 35.9 Å². The molecule has 0 aromatic heterocycles. The molecule has 0 heterocycles. The summed E-state index contributed by atoms with van der Waals surface area (Å²) in [5, 5.41) is 3.20. The Morgan fingerprint density at radius 3 is 2.64 bits per heavy atom. The highest BCUT2D eigenvalue weighted by atomic mass is 16.1. The van der Waals surface area contributed by atoms with Gasteiger partial charge in [-0.25, -0.2) is 0 Å². The molecule has 0 saturated heterocycles. The minimum absolute atomic E-state index is 0.0441. The molecule has 0 aliphatic rings. The van der Waals surface area contributed by atoms with Crippen LogP contribution in [0.4, 0.5) is 0 Å². The predicted molar refractivity (Wildman–Crippen MR) is 58.3 cm³/mol. The van der Waals surface area contributed by atoms with Gasteiger partial charge >= 0.3 is 0 Å². The van der Waals surface area contributed by atoms with E-state index in [1.54, 1.807) is 0 Å². The first kappa shape index (κ1) is 10.9. The molecule has 0 bridgehead atoms. The maximum atomic E-state index is 10.8. The molecule has 14 heavy (non-hydrogen) atoms. The van der Waals surface area contributed by atoms with E-state index < -0.39 is 0 Å². The standard InChI is InChI=1S/C12H17NO/c1-2-8-13-12(10-14)9-11-6-4-3-5-7-11/h3-7,10,12-13H,2,8-9H2,1H3. The van der Waals surface area contributed by atoms with Crippen LogP contribution in [0.2, 0.25) is 0 Å². The molecule has 1 aromatic carbocycles. The topological polar surface area (TPSA) is 29.1 Å². The smallest absolute Gasteiger partial charge is 0.137 e. The third-order valence-corrected chi connectivity index (χ3v) is 2.12. The fraction of sp³-hybridized carbons (Fsp3) is 0.417. The largest absolute Gasteiger partial charge is 0.307 e. The molecular weight excluding hydrogens is 174 g/mol. The summed E-state index contributed by atoms with van der Waals surface area (Å²) >= 11 is 0. The van der Waals surface area contributed by atoms with E-state index in [2.05, 4.69) is 12.2 Å². The number of hydrogen-bond donors (Lipinski definition) is 1. The third-order valence-electron chi connectivity index (χ3n) is 2.12. The van der Waals surface area contributed by atoms with E-state index in [4.69, 9.17) is 0 Å². The Bertz CT molecular complexity index is 258. The second-order valence-corrected chi connectivity index (χ2v) is 3.39. The lowest BCUT2D eigenvalue weighted by Crippen LogP contribution is -2.33. The van der Waals surface area contributed by atoms with Crippen LogP contribution >= 0.6 is 0 Å². The second-order valence-electron chi connectivity index (χ2n) is 3.39. The molecule has 1 unspecified atom stereocenters. The number of hydrogen-bond acceptors (Lipinski definition) is 2. The Kier molecular flexibility index (Phi) is 4.94. The van der Waals surface area contributed by atoms with Crippen molar-refractivity contribution in [2.45, 2.75) is 25.8 Å². The lowest BCUT2D eigenvalue weighted by Gasteiger charge is -2.11. The quantitative estimate of drug-likeness (QED) is 0.695.